The lowest BCUT2D eigenvalue weighted by molar-refractivity contribution is -0.161. The third-order valence-corrected chi connectivity index (χ3v) is 8.71. The summed E-state index contributed by atoms with van der Waals surface area (Å²) in [4.78, 5) is 29.6. The highest BCUT2D eigenvalue weighted by Gasteiger charge is 2.44. The average Bonchev–Trinajstić information content (AvgIpc) is 3.48. The number of carboxylic acid groups (broad SMARTS) is 1. The second-order valence-corrected chi connectivity index (χ2v) is 12.2. The van der Waals surface area contributed by atoms with Gasteiger partial charge in [0.2, 0.25) is 5.54 Å². The fraction of sp³-hybridized carbons (Fsp3) is 0.382. The van der Waals surface area contributed by atoms with Crippen LogP contribution in [0.25, 0.3) is 11.1 Å². The summed E-state index contributed by atoms with van der Waals surface area (Å²) in [5.41, 5.74) is 19.3. The zero-order chi connectivity index (χ0) is 31.1. The first-order valence-electron chi connectivity index (χ1n) is 14.6. The second-order valence-electron chi connectivity index (χ2n) is 12.2. The fourth-order valence-electron chi connectivity index (χ4n) is 6.21. The van der Waals surface area contributed by atoms with Gasteiger partial charge in [-0.25, -0.2) is 9.59 Å². The van der Waals surface area contributed by atoms with E-state index in [1.807, 2.05) is 69.3 Å². The molecule has 0 radical (unpaired) electrons. The number of guanidine groups is 1. The Morgan fingerprint density at radius 3 is 2.26 bits per heavy atom. The Balaban J connectivity index is 1.21. The predicted molar refractivity (Wildman–Crippen MR) is 168 cm³/mol. The van der Waals surface area contributed by atoms with E-state index in [4.69, 9.17) is 20.9 Å². The summed E-state index contributed by atoms with van der Waals surface area (Å²) in [7, 11) is 0. The normalized spacial score (nSPS) is 16.5. The number of anilines is 1. The topological polar surface area (TPSA) is 149 Å². The quantitative estimate of drug-likeness (QED) is 0.0906. The van der Waals surface area contributed by atoms with Crippen molar-refractivity contribution in [3.63, 3.8) is 0 Å². The molecule has 1 aliphatic heterocycles. The zero-order valence-corrected chi connectivity index (χ0v) is 25.4. The summed E-state index contributed by atoms with van der Waals surface area (Å²) in [5.74, 6) is -1.48. The molecule has 6 N–H and O–H groups in total. The number of hydrogen-bond donors (Lipinski definition) is 4. The molecule has 0 bridgehead atoms. The number of rotatable bonds is 9. The van der Waals surface area contributed by atoms with Gasteiger partial charge in [-0.1, -0.05) is 48.5 Å². The molecule has 1 heterocycles. The molecule has 0 saturated carbocycles. The summed E-state index contributed by atoms with van der Waals surface area (Å²) in [6.45, 7) is 10.4. The maximum absolute atomic E-state index is 13.1. The predicted octanol–water partition coefficient (Wildman–Crippen LogP) is 4.97. The Bertz CT molecular complexity index is 1580. The van der Waals surface area contributed by atoms with Gasteiger partial charge in [-0.05, 0) is 86.4 Å². The summed E-state index contributed by atoms with van der Waals surface area (Å²) in [5, 5.41) is 13.1. The number of aliphatic carboxylic acids is 1. The molecule has 5 rings (SSSR count). The van der Waals surface area contributed by atoms with E-state index in [0.717, 1.165) is 62.4 Å². The molecule has 0 fully saturated rings. The molecule has 0 amide bonds. The van der Waals surface area contributed by atoms with Crippen LogP contribution in [0.5, 0.6) is 5.75 Å². The van der Waals surface area contributed by atoms with E-state index in [-0.39, 0.29) is 43.5 Å². The number of ether oxygens (including phenoxy) is 2. The third-order valence-electron chi connectivity index (χ3n) is 8.71. The Labute approximate surface area is 252 Å². The van der Waals surface area contributed by atoms with E-state index in [1.165, 1.54) is 0 Å². The number of nitrogens with one attached hydrogen (secondary N) is 1. The number of benzene rings is 3. The van der Waals surface area contributed by atoms with Crippen LogP contribution in [0.1, 0.15) is 66.0 Å². The van der Waals surface area contributed by atoms with Crippen molar-refractivity contribution in [2.75, 3.05) is 18.5 Å². The van der Waals surface area contributed by atoms with Gasteiger partial charge in [0.25, 0.3) is 0 Å². The van der Waals surface area contributed by atoms with Crippen molar-refractivity contribution in [2.45, 2.75) is 70.9 Å². The van der Waals surface area contributed by atoms with Gasteiger partial charge in [-0.15, -0.1) is 0 Å². The number of carbonyl (C=O) groups excluding carboxylic acids is 1. The Morgan fingerprint density at radius 2 is 1.65 bits per heavy atom. The van der Waals surface area contributed by atoms with Crippen molar-refractivity contribution in [3.05, 3.63) is 81.9 Å². The molecule has 9 nitrogen and oxygen atoms in total. The smallest absolute Gasteiger partial charge is 0.337 e. The maximum Gasteiger partial charge on any atom is 0.337 e. The van der Waals surface area contributed by atoms with E-state index in [0.29, 0.717) is 0 Å². The molecule has 43 heavy (non-hydrogen) atoms. The Hall–Kier alpha value is -4.37. The SMILES string of the molecule is Cc1c(C)c2c(c(C)c1NC(N)=NCCC[C@](N)(C(=O)O)C(=O)OCC1c3ccccc3-c3ccccc31)CC(C)(C)O2. The van der Waals surface area contributed by atoms with Crippen LogP contribution in [0.2, 0.25) is 0 Å². The first-order valence-corrected chi connectivity index (χ1v) is 14.6. The van der Waals surface area contributed by atoms with Gasteiger partial charge in [0.05, 0.1) is 0 Å². The van der Waals surface area contributed by atoms with E-state index in [2.05, 4.69) is 24.2 Å². The molecule has 1 atom stereocenters. The lowest BCUT2D eigenvalue weighted by atomic mass is 9.92. The van der Waals surface area contributed by atoms with Crippen LogP contribution in [-0.2, 0) is 20.7 Å². The van der Waals surface area contributed by atoms with E-state index >= 15 is 0 Å². The molecular formula is C34H40N4O5. The summed E-state index contributed by atoms with van der Waals surface area (Å²) < 4.78 is 11.8. The van der Waals surface area contributed by atoms with Crippen LogP contribution >= 0.6 is 0 Å². The van der Waals surface area contributed by atoms with Gasteiger partial charge in [0, 0.05) is 30.1 Å². The van der Waals surface area contributed by atoms with Gasteiger partial charge in [-0.2, -0.15) is 0 Å². The van der Waals surface area contributed by atoms with Gasteiger partial charge < -0.3 is 31.4 Å². The van der Waals surface area contributed by atoms with E-state index in [1.54, 1.807) is 0 Å². The number of nitrogens with zero attached hydrogens (tertiary/aromatic N) is 1. The molecule has 0 aromatic heterocycles. The fourth-order valence-corrected chi connectivity index (χ4v) is 6.21. The minimum Gasteiger partial charge on any atom is -0.487 e. The van der Waals surface area contributed by atoms with Crippen LogP contribution in [0, 0.1) is 20.8 Å². The molecule has 0 spiro atoms. The molecule has 3 aromatic rings. The van der Waals surface area contributed by atoms with Crippen molar-refractivity contribution < 1.29 is 24.2 Å². The van der Waals surface area contributed by atoms with Crippen molar-refractivity contribution in [1.29, 1.82) is 0 Å². The monoisotopic (exact) mass is 584 g/mol. The first-order chi connectivity index (χ1) is 20.3. The van der Waals surface area contributed by atoms with Crippen molar-refractivity contribution in [2.24, 2.45) is 16.5 Å². The molecule has 226 valence electrons. The molecule has 2 aliphatic rings. The van der Waals surface area contributed by atoms with Crippen LogP contribution in [-0.4, -0.2) is 47.3 Å². The van der Waals surface area contributed by atoms with Gasteiger partial charge in [0.1, 0.15) is 18.0 Å². The number of fused-ring (bicyclic) bond motifs is 4. The number of nitrogens with two attached hydrogens (primary N) is 2. The molecule has 1 aliphatic carbocycles. The lowest BCUT2D eigenvalue weighted by Gasteiger charge is -2.24. The Morgan fingerprint density at radius 1 is 1.05 bits per heavy atom. The van der Waals surface area contributed by atoms with Crippen molar-refractivity contribution >= 4 is 23.6 Å². The van der Waals surface area contributed by atoms with Crippen LogP contribution in [0.3, 0.4) is 0 Å². The van der Waals surface area contributed by atoms with Crippen molar-refractivity contribution in [3.8, 4) is 16.9 Å². The second kappa shape index (κ2) is 11.4. The van der Waals surface area contributed by atoms with E-state index in [9.17, 15) is 14.7 Å². The summed E-state index contributed by atoms with van der Waals surface area (Å²) in [6, 6.07) is 15.9. The lowest BCUT2D eigenvalue weighted by Crippen LogP contribution is -2.56. The maximum atomic E-state index is 13.1. The highest BCUT2D eigenvalue weighted by molar-refractivity contribution is 6.03. The highest BCUT2D eigenvalue weighted by Crippen LogP contribution is 2.45. The van der Waals surface area contributed by atoms with Crippen LogP contribution in [0.15, 0.2) is 53.5 Å². The standard InChI is InChI=1S/C34H40N4O5/c1-19-20(2)29-26(17-33(4,5)43-29)21(3)28(19)38-32(35)37-16-10-15-34(36,30(39)40)31(41)42-18-27-24-13-8-6-11-22(24)23-12-7-9-14-25(23)27/h6-9,11-14,27H,10,15-18,36H2,1-5H3,(H,39,40)(H3,35,37,38)/t34-/m0/s1. The highest BCUT2D eigenvalue weighted by atomic mass is 16.5. The minimum atomic E-state index is -2.20. The van der Waals surface area contributed by atoms with E-state index < -0.39 is 17.5 Å². The number of esters is 1. The summed E-state index contributed by atoms with van der Waals surface area (Å²) in [6.07, 6.45) is 0.863. The average molecular weight is 585 g/mol. The largest absolute Gasteiger partial charge is 0.487 e. The number of carboxylic acids is 1. The third kappa shape index (κ3) is 5.57. The Kier molecular flexibility index (Phi) is 7.96. The molecule has 0 unspecified atom stereocenters. The minimum absolute atomic E-state index is 0.00473. The summed E-state index contributed by atoms with van der Waals surface area (Å²) >= 11 is 0. The van der Waals surface area contributed by atoms with Gasteiger partial charge >= 0.3 is 11.9 Å². The first kappa shape index (κ1) is 30.1. The van der Waals surface area contributed by atoms with Gasteiger partial charge in [0.15, 0.2) is 5.96 Å². The van der Waals surface area contributed by atoms with Crippen LogP contribution in [0.4, 0.5) is 5.69 Å². The molecule has 3 aromatic carbocycles. The van der Waals surface area contributed by atoms with Crippen molar-refractivity contribution in [1.82, 2.24) is 0 Å². The van der Waals surface area contributed by atoms with Gasteiger partial charge in [-0.3, -0.25) is 4.99 Å². The molecule has 9 heteroatoms. The molecule has 0 saturated heterocycles. The number of carbonyl (C=O) groups is 2. The molecular weight excluding hydrogens is 544 g/mol. The number of aliphatic imine (C=N–C) groups is 1. The van der Waals surface area contributed by atoms with Crippen LogP contribution < -0.4 is 21.5 Å². The zero-order valence-electron chi connectivity index (χ0n) is 25.4. The number of hydrogen-bond acceptors (Lipinski definition) is 6.